The molecular formula is C14H20O2. The van der Waals surface area contributed by atoms with E-state index in [-0.39, 0.29) is 12.1 Å². The molecule has 1 unspecified atom stereocenters. The molecule has 1 aliphatic carbocycles. The summed E-state index contributed by atoms with van der Waals surface area (Å²) in [5, 5.41) is 0. The van der Waals surface area contributed by atoms with Crippen molar-refractivity contribution in [3.63, 3.8) is 0 Å². The molecule has 0 fully saturated rings. The summed E-state index contributed by atoms with van der Waals surface area (Å²) in [5.74, 6) is -0.213. The molecule has 2 heteroatoms. The molecule has 1 aliphatic rings. The number of esters is 1. The number of hydrogen-bond donors (Lipinski definition) is 0. The minimum Gasteiger partial charge on any atom is -0.458 e. The van der Waals surface area contributed by atoms with Gasteiger partial charge in [0.1, 0.15) is 6.10 Å². The van der Waals surface area contributed by atoms with Crippen molar-refractivity contribution < 1.29 is 9.53 Å². The topological polar surface area (TPSA) is 26.3 Å². The molecule has 1 atom stereocenters. The van der Waals surface area contributed by atoms with Gasteiger partial charge in [-0.25, -0.2) is 0 Å². The van der Waals surface area contributed by atoms with Gasteiger partial charge in [-0.05, 0) is 31.8 Å². The summed E-state index contributed by atoms with van der Waals surface area (Å²) in [6.07, 6.45) is 17.7. The highest BCUT2D eigenvalue weighted by atomic mass is 16.5. The van der Waals surface area contributed by atoms with E-state index in [0.29, 0.717) is 0 Å². The van der Waals surface area contributed by atoms with Gasteiger partial charge in [0.2, 0.25) is 0 Å². The van der Waals surface area contributed by atoms with Gasteiger partial charge in [0.15, 0.2) is 0 Å². The Morgan fingerprint density at radius 3 is 2.19 bits per heavy atom. The van der Waals surface area contributed by atoms with E-state index in [1.54, 1.807) is 0 Å². The quantitative estimate of drug-likeness (QED) is 0.499. The molecular weight excluding hydrogens is 200 g/mol. The maximum Gasteiger partial charge on any atom is 0.303 e. The molecule has 0 aromatic heterocycles. The van der Waals surface area contributed by atoms with Gasteiger partial charge in [0, 0.05) is 13.3 Å². The van der Waals surface area contributed by atoms with E-state index in [0.717, 1.165) is 32.1 Å². The Morgan fingerprint density at radius 2 is 1.56 bits per heavy atom. The van der Waals surface area contributed by atoms with Crippen molar-refractivity contribution in [2.45, 2.75) is 45.1 Å². The van der Waals surface area contributed by atoms with E-state index in [4.69, 9.17) is 4.74 Å². The van der Waals surface area contributed by atoms with Crippen molar-refractivity contribution in [3.05, 3.63) is 36.5 Å². The van der Waals surface area contributed by atoms with Crippen LogP contribution in [0.2, 0.25) is 0 Å². The number of ether oxygens (including phenoxy) is 1. The van der Waals surface area contributed by atoms with Gasteiger partial charge in [0.25, 0.3) is 0 Å². The van der Waals surface area contributed by atoms with Gasteiger partial charge in [0.05, 0.1) is 0 Å². The molecule has 0 spiro atoms. The Kier molecular flexibility index (Phi) is 6.31. The molecule has 0 bridgehead atoms. The molecule has 0 aliphatic heterocycles. The first-order valence-electron chi connectivity index (χ1n) is 5.93. The molecule has 0 amide bonds. The molecule has 16 heavy (non-hydrogen) atoms. The Bertz CT molecular complexity index is 287. The van der Waals surface area contributed by atoms with Crippen LogP contribution in [0.15, 0.2) is 36.5 Å². The molecule has 0 saturated heterocycles. The smallest absolute Gasteiger partial charge is 0.303 e. The average Bonchev–Trinajstić information content (AvgIpc) is 2.21. The summed E-state index contributed by atoms with van der Waals surface area (Å²) in [5.41, 5.74) is 0. The van der Waals surface area contributed by atoms with Crippen LogP contribution >= 0.6 is 0 Å². The van der Waals surface area contributed by atoms with Crippen LogP contribution in [0.4, 0.5) is 0 Å². The maximum atomic E-state index is 10.9. The van der Waals surface area contributed by atoms with Crippen molar-refractivity contribution in [2.24, 2.45) is 0 Å². The third kappa shape index (κ3) is 6.23. The standard InChI is InChI=1S/C14H20O2/c1-13(15)16-14-11-9-7-5-3-2-4-6-8-10-12-14/h2-3,8-11,14H,4-7,12H2,1H3/b3-2+,10-8+,11-9+. The Balaban J connectivity index is 2.53. The first-order valence-corrected chi connectivity index (χ1v) is 5.93. The molecule has 2 nitrogen and oxygen atoms in total. The average molecular weight is 220 g/mol. The predicted molar refractivity (Wildman–Crippen MR) is 66.1 cm³/mol. The summed E-state index contributed by atoms with van der Waals surface area (Å²) >= 11 is 0. The zero-order valence-corrected chi connectivity index (χ0v) is 9.89. The van der Waals surface area contributed by atoms with Crippen LogP contribution in [-0.2, 0) is 9.53 Å². The third-order valence-electron chi connectivity index (χ3n) is 2.37. The first kappa shape index (κ1) is 12.8. The van der Waals surface area contributed by atoms with Gasteiger partial charge in [-0.3, -0.25) is 4.79 Å². The van der Waals surface area contributed by atoms with Crippen LogP contribution in [0.5, 0.6) is 0 Å². The Morgan fingerprint density at radius 1 is 1.00 bits per heavy atom. The monoisotopic (exact) mass is 220 g/mol. The Labute approximate surface area is 97.7 Å². The lowest BCUT2D eigenvalue weighted by atomic mass is 10.1. The van der Waals surface area contributed by atoms with E-state index in [9.17, 15) is 4.79 Å². The molecule has 0 saturated carbocycles. The lowest BCUT2D eigenvalue weighted by molar-refractivity contribution is -0.143. The highest BCUT2D eigenvalue weighted by molar-refractivity contribution is 5.66. The van der Waals surface area contributed by atoms with E-state index < -0.39 is 0 Å². The van der Waals surface area contributed by atoms with Crippen molar-refractivity contribution in [1.29, 1.82) is 0 Å². The fourth-order valence-corrected chi connectivity index (χ4v) is 1.60. The van der Waals surface area contributed by atoms with Crippen LogP contribution in [0.1, 0.15) is 39.0 Å². The van der Waals surface area contributed by atoms with E-state index in [1.165, 1.54) is 6.92 Å². The second kappa shape index (κ2) is 7.91. The SMILES string of the molecule is CC(=O)OC1/C=C/CC/C=C/CC/C=C/C1. The van der Waals surface area contributed by atoms with Crippen LogP contribution in [-0.4, -0.2) is 12.1 Å². The summed E-state index contributed by atoms with van der Waals surface area (Å²) < 4.78 is 5.20. The number of carbonyl (C=O) groups excluding carboxylic acids is 1. The van der Waals surface area contributed by atoms with Crippen LogP contribution in [0.3, 0.4) is 0 Å². The van der Waals surface area contributed by atoms with E-state index in [1.807, 2.05) is 6.08 Å². The first-order chi connectivity index (χ1) is 7.79. The van der Waals surface area contributed by atoms with Gasteiger partial charge >= 0.3 is 5.97 Å². The zero-order valence-electron chi connectivity index (χ0n) is 9.89. The number of carbonyl (C=O) groups is 1. The number of hydrogen-bond acceptors (Lipinski definition) is 2. The van der Waals surface area contributed by atoms with Gasteiger partial charge < -0.3 is 4.74 Å². The third-order valence-corrected chi connectivity index (χ3v) is 2.37. The summed E-state index contributed by atoms with van der Waals surface area (Å²) in [4.78, 5) is 10.9. The highest BCUT2D eigenvalue weighted by Gasteiger charge is 2.05. The van der Waals surface area contributed by atoms with Crippen LogP contribution in [0, 0.1) is 0 Å². The number of allylic oxidation sites excluding steroid dienone is 4. The van der Waals surface area contributed by atoms with Crippen molar-refractivity contribution >= 4 is 5.97 Å². The second-order valence-corrected chi connectivity index (χ2v) is 3.91. The minimum atomic E-state index is -0.213. The molecule has 0 aromatic rings. The lowest BCUT2D eigenvalue weighted by Crippen LogP contribution is -2.12. The fourth-order valence-electron chi connectivity index (χ4n) is 1.60. The largest absolute Gasteiger partial charge is 0.458 e. The molecule has 0 aromatic carbocycles. The minimum absolute atomic E-state index is 0.0999. The maximum absolute atomic E-state index is 10.9. The molecule has 1 rings (SSSR count). The molecule has 88 valence electrons. The Hall–Kier alpha value is -1.31. The highest BCUT2D eigenvalue weighted by Crippen LogP contribution is 2.07. The van der Waals surface area contributed by atoms with E-state index >= 15 is 0 Å². The van der Waals surface area contributed by atoms with Crippen LogP contribution in [0.25, 0.3) is 0 Å². The zero-order chi connectivity index (χ0) is 11.6. The summed E-state index contributed by atoms with van der Waals surface area (Å²) in [6, 6.07) is 0. The molecule has 0 N–H and O–H groups in total. The predicted octanol–water partition coefficient (Wildman–Crippen LogP) is 3.55. The summed E-state index contributed by atoms with van der Waals surface area (Å²) in [6.45, 7) is 1.45. The van der Waals surface area contributed by atoms with E-state index in [2.05, 4.69) is 30.4 Å². The lowest BCUT2D eigenvalue weighted by Gasteiger charge is -2.10. The molecule has 0 heterocycles. The van der Waals surface area contributed by atoms with Crippen LogP contribution < -0.4 is 0 Å². The van der Waals surface area contributed by atoms with Gasteiger partial charge in [-0.1, -0.05) is 30.4 Å². The van der Waals surface area contributed by atoms with Crippen molar-refractivity contribution in [2.75, 3.05) is 0 Å². The van der Waals surface area contributed by atoms with Crippen molar-refractivity contribution in [3.8, 4) is 0 Å². The molecule has 0 radical (unpaired) electrons. The summed E-state index contributed by atoms with van der Waals surface area (Å²) in [7, 11) is 0. The van der Waals surface area contributed by atoms with Gasteiger partial charge in [-0.2, -0.15) is 0 Å². The van der Waals surface area contributed by atoms with Crippen molar-refractivity contribution in [1.82, 2.24) is 0 Å². The second-order valence-electron chi connectivity index (χ2n) is 3.91. The van der Waals surface area contributed by atoms with Gasteiger partial charge in [-0.15, -0.1) is 0 Å². The number of rotatable bonds is 1. The normalized spacial score (nSPS) is 28.2. The fraction of sp³-hybridized carbons (Fsp3) is 0.500.